The maximum atomic E-state index is 13.4. The third-order valence-electron chi connectivity index (χ3n) is 6.40. The molecule has 6 nitrogen and oxygen atoms in total. The van der Waals surface area contributed by atoms with Crippen molar-refractivity contribution < 1.29 is 9.90 Å². The normalized spacial score (nSPS) is 25.9. The van der Waals surface area contributed by atoms with E-state index >= 15 is 0 Å². The average molecular weight is 380 g/mol. The second-order valence-corrected chi connectivity index (χ2v) is 8.41. The second kappa shape index (κ2) is 7.17. The van der Waals surface area contributed by atoms with Gasteiger partial charge in [0, 0.05) is 37.8 Å². The lowest BCUT2D eigenvalue weighted by molar-refractivity contribution is 0.0570. The van der Waals surface area contributed by atoms with Crippen molar-refractivity contribution in [2.24, 2.45) is 5.41 Å². The van der Waals surface area contributed by atoms with Crippen LogP contribution in [0.2, 0.25) is 0 Å². The van der Waals surface area contributed by atoms with E-state index in [0.29, 0.717) is 17.2 Å². The molecular weight excluding hydrogens is 352 g/mol. The molecule has 2 aliphatic rings. The first kappa shape index (κ1) is 18.9. The molecule has 1 N–H and O–H groups in total. The number of fused-ring (bicyclic) bond motifs is 2. The van der Waals surface area contributed by atoms with Crippen LogP contribution in [-0.4, -0.2) is 58.7 Å². The Bertz CT molecular complexity index is 870. The number of aliphatic hydroxyl groups is 1. The molecule has 1 aromatic carbocycles. The van der Waals surface area contributed by atoms with Crippen LogP contribution in [0.5, 0.6) is 0 Å². The highest BCUT2D eigenvalue weighted by Crippen LogP contribution is 2.51. The SMILES string of the molecule is Cc1nc(N(C)C)ncc1C(=O)N1[C@H]2CC[C@@H]1[C@@](CO)(Cc1ccccc1)C2. The molecule has 2 bridgehead atoms. The first-order chi connectivity index (χ1) is 13.4. The minimum atomic E-state index is -0.266. The van der Waals surface area contributed by atoms with Crippen LogP contribution in [0.15, 0.2) is 36.5 Å². The highest BCUT2D eigenvalue weighted by molar-refractivity contribution is 5.96. The van der Waals surface area contributed by atoms with E-state index in [0.717, 1.165) is 25.7 Å². The molecule has 2 aromatic rings. The largest absolute Gasteiger partial charge is 0.396 e. The second-order valence-electron chi connectivity index (χ2n) is 8.41. The molecule has 1 aromatic heterocycles. The van der Waals surface area contributed by atoms with Crippen LogP contribution in [0.1, 0.15) is 40.9 Å². The minimum absolute atomic E-state index is 0.00121. The third-order valence-corrected chi connectivity index (χ3v) is 6.40. The molecule has 3 heterocycles. The topological polar surface area (TPSA) is 69.6 Å². The molecule has 2 aliphatic heterocycles. The van der Waals surface area contributed by atoms with Gasteiger partial charge >= 0.3 is 0 Å². The number of aromatic nitrogens is 2. The van der Waals surface area contributed by atoms with Gasteiger partial charge < -0.3 is 14.9 Å². The standard InChI is InChI=1S/C22H28N4O2/c1-15-18(13-23-21(24-15)25(2)3)20(28)26-17-9-10-19(26)22(12-17,14-27)11-16-7-5-4-6-8-16/h4-8,13,17,19,27H,9-12,14H2,1-3H3/t17-,19+,22-/m0/s1. The number of nitrogens with zero attached hydrogens (tertiary/aromatic N) is 4. The van der Waals surface area contributed by atoms with Crippen molar-refractivity contribution in [3.05, 3.63) is 53.3 Å². The molecule has 0 saturated carbocycles. The van der Waals surface area contributed by atoms with E-state index in [-0.39, 0.29) is 30.0 Å². The Balaban J connectivity index is 1.62. The third kappa shape index (κ3) is 3.05. The lowest BCUT2D eigenvalue weighted by atomic mass is 9.70. The maximum Gasteiger partial charge on any atom is 0.257 e. The summed E-state index contributed by atoms with van der Waals surface area (Å²) in [6.07, 6.45) is 5.24. The maximum absolute atomic E-state index is 13.4. The van der Waals surface area contributed by atoms with Crippen molar-refractivity contribution in [3.63, 3.8) is 0 Å². The number of hydrogen-bond acceptors (Lipinski definition) is 5. The monoisotopic (exact) mass is 380 g/mol. The summed E-state index contributed by atoms with van der Waals surface area (Å²) in [5.74, 6) is 0.603. The van der Waals surface area contributed by atoms with E-state index in [9.17, 15) is 9.90 Å². The Kier molecular flexibility index (Phi) is 4.83. The van der Waals surface area contributed by atoms with Gasteiger partial charge in [-0.25, -0.2) is 9.97 Å². The van der Waals surface area contributed by atoms with Gasteiger partial charge in [-0.05, 0) is 38.2 Å². The number of amides is 1. The summed E-state index contributed by atoms with van der Waals surface area (Å²) in [6.45, 7) is 1.96. The van der Waals surface area contributed by atoms with Crippen LogP contribution in [0.3, 0.4) is 0 Å². The lowest BCUT2D eigenvalue weighted by Gasteiger charge is -2.36. The molecule has 6 heteroatoms. The van der Waals surface area contributed by atoms with Crippen LogP contribution in [0, 0.1) is 12.3 Å². The molecule has 1 amide bonds. The summed E-state index contributed by atoms with van der Waals surface area (Å²) in [6, 6.07) is 10.5. The van der Waals surface area contributed by atoms with Gasteiger partial charge in [0.15, 0.2) is 0 Å². The van der Waals surface area contributed by atoms with Crippen LogP contribution >= 0.6 is 0 Å². The Morgan fingerprint density at radius 2 is 2.04 bits per heavy atom. The number of carbonyl (C=O) groups excluding carboxylic acids is 1. The molecule has 3 atom stereocenters. The Morgan fingerprint density at radius 3 is 2.68 bits per heavy atom. The number of hydrogen-bond donors (Lipinski definition) is 1. The zero-order valence-corrected chi connectivity index (χ0v) is 16.8. The van der Waals surface area contributed by atoms with Crippen molar-refractivity contribution in [2.45, 2.75) is 44.7 Å². The lowest BCUT2D eigenvalue weighted by Crippen LogP contribution is -2.44. The van der Waals surface area contributed by atoms with Crippen LogP contribution in [0.4, 0.5) is 5.95 Å². The summed E-state index contributed by atoms with van der Waals surface area (Å²) in [5.41, 5.74) is 2.22. The van der Waals surface area contributed by atoms with Gasteiger partial charge in [-0.3, -0.25) is 4.79 Å². The number of rotatable bonds is 5. The molecule has 0 aliphatic carbocycles. The zero-order chi connectivity index (χ0) is 19.9. The summed E-state index contributed by atoms with van der Waals surface area (Å²) in [7, 11) is 3.77. The smallest absolute Gasteiger partial charge is 0.257 e. The molecule has 148 valence electrons. The number of aryl methyl sites for hydroxylation is 1. The predicted molar refractivity (Wildman–Crippen MR) is 108 cm³/mol. The Hall–Kier alpha value is -2.47. The number of carbonyl (C=O) groups is 1. The highest BCUT2D eigenvalue weighted by Gasteiger charge is 2.57. The van der Waals surface area contributed by atoms with Crippen molar-refractivity contribution >= 4 is 11.9 Å². The fourth-order valence-corrected chi connectivity index (χ4v) is 5.03. The first-order valence-corrected chi connectivity index (χ1v) is 9.93. The van der Waals surface area contributed by atoms with Crippen molar-refractivity contribution in [2.75, 3.05) is 25.6 Å². The molecule has 2 fully saturated rings. The molecule has 0 radical (unpaired) electrons. The number of benzene rings is 1. The van der Waals surface area contributed by atoms with E-state index in [1.54, 1.807) is 6.20 Å². The molecule has 4 rings (SSSR count). The van der Waals surface area contributed by atoms with Crippen molar-refractivity contribution in [1.29, 1.82) is 0 Å². The van der Waals surface area contributed by atoms with E-state index in [1.807, 2.05) is 49.0 Å². The van der Waals surface area contributed by atoms with E-state index in [4.69, 9.17) is 0 Å². The predicted octanol–water partition coefficient (Wildman–Crippen LogP) is 2.45. The summed E-state index contributed by atoms with van der Waals surface area (Å²) in [5, 5.41) is 10.4. The van der Waals surface area contributed by atoms with Crippen LogP contribution in [-0.2, 0) is 6.42 Å². The van der Waals surface area contributed by atoms with Gasteiger partial charge in [-0.15, -0.1) is 0 Å². The molecule has 0 unspecified atom stereocenters. The van der Waals surface area contributed by atoms with Crippen molar-refractivity contribution in [1.82, 2.24) is 14.9 Å². The van der Waals surface area contributed by atoms with Crippen LogP contribution < -0.4 is 4.90 Å². The summed E-state index contributed by atoms with van der Waals surface area (Å²) < 4.78 is 0. The number of anilines is 1. The molecule has 2 saturated heterocycles. The zero-order valence-electron chi connectivity index (χ0n) is 16.8. The minimum Gasteiger partial charge on any atom is -0.396 e. The van der Waals surface area contributed by atoms with E-state index in [2.05, 4.69) is 22.1 Å². The fourth-order valence-electron chi connectivity index (χ4n) is 5.03. The van der Waals surface area contributed by atoms with Crippen LogP contribution in [0.25, 0.3) is 0 Å². The van der Waals surface area contributed by atoms with Gasteiger partial charge in [0.1, 0.15) is 0 Å². The van der Waals surface area contributed by atoms with Gasteiger partial charge in [0.2, 0.25) is 5.95 Å². The highest BCUT2D eigenvalue weighted by atomic mass is 16.3. The van der Waals surface area contributed by atoms with Gasteiger partial charge in [0.25, 0.3) is 5.91 Å². The Morgan fingerprint density at radius 1 is 1.29 bits per heavy atom. The quantitative estimate of drug-likeness (QED) is 0.863. The van der Waals surface area contributed by atoms with Crippen molar-refractivity contribution in [3.8, 4) is 0 Å². The Labute approximate surface area is 166 Å². The fraction of sp³-hybridized carbons (Fsp3) is 0.500. The average Bonchev–Trinajstić information content (AvgIpc) is 3.24. The molecule has 28 heavy (non-hydrogen) atoms. The van der Waals surface area contributed by atoms with Gasteiger partial charge in [-0.2, -0.15) is 0 Å². The van der Waals surface area contributed by atoms with Gasteiger partial charge in [-0.1, -0.05) is 30.3 Å². The van der Waals surface area contributed by atoms with E-state index in [1.165, 1.54) is 5.56 Å². The summed E-state index contributed by atoms with van der Waals surface area (Å²) >= 11 is 0. The summed E-state index contributed by atoms with van der Waals surface area (Å²) in [4.78, 5) is 26.1. The number of aliphatic hydroxyl groups excluding tert-OH is 1. The van der Waals surface area contributed by atoms with E-state index < -0.39 is 0 Å². The van der Waals surface area contributed by atoms with Gasteiger partial charge in [0.05, 0.1) is 17.9 Å². The molecular formula is C22H28N4O2. The molecule has 0 spiro atoms. The first-order valence-electron chi connectivity index (χ1n) is 9.93.